The van der Waals surface area contributed by atoms with Crippen LogP contribution in [0, 0.1) is 5.92 Å². The zero-order valence-electron chi connectivity index (χ0n) is 12.0. The summed E-state index contributed by atoms with van der Waals surface area (Å²) in [6.07, 6.45) is 2.66. The lowest BCUT2D eigenvalue weighted by Crippen LogP contribution is -2.41. The van der Waals surface area contributed by atoms with Gasteiger partial charge in [0.05, 0.1) is 18.8 Å². The Morgan fingerprint density at radius 1 is 1.45 bits per heavy atom. The van der Waals surface area contributed by atoms with Gasteiger partial charge in [-0.15, -0.1) is 11.3 Å². The molecule has 3 rings (SSSR count). The number of nitrogens with one attached hydrogen (secondary N) is 1. The molecule has 116 valence electrons. The first kappa shape index (κ1) is 15.1. The maximum absolute atomic E-state index is 12.4. The largest absolute Gasteiger partial charge is 0.393 e. The first-order chi connectivity index (χ1) is 10.7. The molecular formula is C16H18N2O3S. The fourth-order valence-corrected chi connectivity index (χ4v) is 3.57. The monoisotopic (exact) mass is 318 g/mol. The number of hydrogen-bond donors (Lipinski definition) is 3. The number of thiophene rings is 1. The molecule has 3 N–H and O–H groups in total. The average molecular weight is 318 g/mol. The molecule has 1 aliphatic rings. The van der Waals surface area contributed by atoms with Crippen molar-refractivity contribution >= 4 is 17.2 Å². The van der Waals surface area contributed by atoms with Crippen molar-refractivity contribution in [1.29, 1.82) is 0 Å². The highest BCUT2D eigenvalue weighted by atomic mass is 32.1. The fourth-order valence-electron chi connectivity index (χ4n) is 2.70. The van der Waals surface area contributed by atoms with E-state index in [0.29, 0.717) is 24.1 Å². The van der Waals surface area contributed by atoms with Crippen LogP contribution in [0.4, 0.5) is 0 Å². The van der Waals surface area contributed by atoms with Crippen molar-refractivity contribution < 1.29 is 15.0 Å². The van der Waals surface area contributed by atoms with Crippen molar-refractivity contribution in [1.82, 2.24) is 10.3 Å². The lowest BCUT2D eigenvalue weighted by atomic mass is 9.76. The minimum absolute atomic E-state index is 0.101. The number of aromatic nitrogens is 1. The van der Waals surface area contributed by atoms with E-state index in [9.17, 15) is 9.90 Å². The number of rotatable bonds is 5. The SMILES string of the molecule is O=C(NC(c1cccs1)C1CC(O)C1)c1cc(CO)ccn1. The number of carbonyl (C=O) groups excluding carboxylic acids is 1. The molecule has 6 heteroatoms. The summed E-state index contributed by atoms with van der Waals surface area (Å²) >= 11 is 1.60. The molecule has 1 fully saturated rings. The maximum Gasteiger partial charge on any atom is 0.270 e. The number of aliphatic hydroxyl groups is 2. The topological polar surface area (TPSA) is 82.5 Å². The van der Waals surface area contributed by atoms with Gasteiger partial charge >= 0.3 is 0 Å². The van der Waals surface area contributed by atoms with E-state index in [1.165, 1.54) is 6.20 Å². The second kappa shape index (κ2) is 6.56. The van der Waals surface area contributed by atoms with Crippen LogP contribution in [0.25, 0.3) is 0 Å². The molecule has 1 saturated carbocycles. The Hall–Kier alpha value is -1.76. The summed E-state index contributed by atoms with van der Waals surface area (Å²) in [6, 6.07) is 7.12. The van der Waals surface area contributed by atoms with Crippen molar-refractivity contribution in [3.63, 3.8) is 0 Å². The number of amides is 1. The van der Waals surface area contributed by atoms with Crippen LogP contribution >= 0.6 is 11.3 Å². The molecule has 0 spiro atoms. The molecule has 22 heavy (non-hydrogen) atoms. The van der Waals surface area contributed by atoms with Crippen LogP contribution in [0.3, 0.4) is 0 Å². The van der Waals surface area contributed by atoms with Gasteiger partial charge in [0.1, 0.15) is 5.69 Å². The van der Waals surface area contributed by atoms with Crippen molar-refractivity contribution in [2.75, 3.05) is 0 Å². The van der Waals surface area contributed by atoms with Crippen LogP contribution in [0.5, 0.6) is 0 Å². The van der Waals surface area contributed by atoms with Gasteiger partial charge in [0.2, 0.25) is 0 Å². The standard InChI is InChI=1S/C16H18N2O3S/c19-9-10-3-4-17-13(6-10)16(21)18-15(11-7-12(20)8-11)14-2-1-5-22-14/h1-6,11-12,15,19-20H,7-9H2,(H,18,21). The highest BCUT2D eigenvalue weighted by Crippen LogP contribution is 2.39. The third-order valence-electron chi connectivity index (χ3n) is 4.00. The Balaban J connectivity index is 1.76. The molecule has 2 aromatic rings. The minimum Gasteiger partial charge on any atom is -0.393 e. The molecule has 2 aromatic heterocycles. The third-order valence-corrected chi connectivity index (χ3v) is 4.95. The molecule has 1 amide bonds. The Morgan fingerprint density at radius 3 is 2.91 bits per heavy atom. The van der Waals surface area contributed by atoms with Crippen molar-refractivity contribution in [3.05, 3.63) is 52.0 Å². The van der Waals surface area contributed by atoms with Crippen LogP contribution < -0.4 is 5.32 Å². The van der Waals surface area contributed by atoms with Crippen LogP contribution in [0.1, 0.15) is 39.8 Å². The van der Waals surface area contributed by atoms with Gasteiger partial charge in [-0.1, -0.05) is 6.07 Å². The number of hydrogen-bond acceptors (Lipinski definition) is 5. The van der Waals surface area contributed by atoms with Crippen LogP contribution in [-0.4, -0.2) is 27.2 Å². The zero-order valence-corrected chi connectivity index (χ0v) is 12.8. The molecule has 0 saturated heterocycles. The summed E-state index contributed by atoms with van der Waals surface area (Å²) in [5.74, 6) is -0.00582. The molecule has 1 aliphatic carbocycles. The fraction of sp³-hybridized carbons (Fsp3) is 0.375. The lowest BCUT2D eigenvalue weighted by molar-refractivity contribution is 0.0240. The Kier molecular flexibility index (Phi) is 4.52. The third kappa shape index (κ3) is 3.19. The second-order valence-corrected chi connectivity index (χ2v) is 6.54. The van der Waals surface area contributed by atoms with E-state index in [-0.39, 0.29) is 30.6 Å². The van der Waals surface area contributed by atoms with Gasteiger partial charge in [-0.25, -0.2) is 0 Å². The van der Waals surface area contributed by atoms with Gasteiger partial charge < -0.3 is 15.5 Å². The minimum atomic E-state index is -0.264. The number of carbonyl (C=O) groups is 1. The molecule has 0 aromatic carbocycles. The van der Waals surface area contributed by atoms with Gasteiger partial charge in [-0.05, 0) is 47.9 Å². The highest BCUT2D eigenvalue weighted by Gasteiger charge is 2.36. The summed E-state index contributed by atoms with van der Waals surface area (Å²) < 4.78 is 0. The Labute approximate surface area is 132 Å². The van der Waals surface area contributed by atoms with Crippen molar-refractivity contribution in [3.8, 4) is 0 Å². The lowest BCUT2D eigenvalue weighted by Gasteiger charge is -2.37. The summed E-state index contributed by atoms with van der Waals surface area (Å²) in [7, 11) is 0. The van der Waals surface area contributed by atoms with E-state index in [4.69, 9.17) is 5.11 Å². The van der Waals surface area contributed by atoms with Crippen molar-refractivity contribution in [2.24, 2.45) is 5.92 Å². The van der Waals surface area contributed by atoms with Gasteiger partial charge in [0.15, 0.2) is 0 Å². The molecule has 0 aliphatic heterocycles. The van der Waals surface area contributed by atoms with E-state index >= 15 is 0 Å². The van der Waals surface area contributed by atoms with E-state index in [1.54, 1.807) is 23.5 Å². The quantitative estimate of drug-likeness (QED) is 0.786. The summed E-state index contributed by atoms with van der Waals surface area (Å²) in [5, 5.41) is 23.7. The van der Waals surface area contributed by atoms with Crippen molar-refractivity contribution in [2.45, 2.75) is 31.6 Å². The zero-order chi connectivity index (χ0) is 15.5. The van der Waals surface area contributed by atoms with E-state index in [1.807, 2.05) is 17.5 Å². The van der Waals surface area contributed by atoms with E-state index in [0.717, 1.165) is 4.88 Å². The molecule has 0 bridgehead atoms. The average Bonchev–Trinajstić information content (AvgIpc) is 3.04. The van der Waals surface area contributed by atoms with Gasteiger partial charge in [-0.3, -0.25) is 9.78 Å². The summed E-state index contributed by atoms with van der Waals surface area (Å²) in [6.45, 7) is -0.119. The molecular weight excluding hydrogens is 300 g/mol. The molecule has 0 radical (unpaired) electrons. The van der Waals surface area contributed by atoms with Gasteiger partial charge in [-0.2, -0.15) is 0 Å². The normalized spacial score (nSPS) is 21.9. The molecule has 1 atom stereocenters. The summed E-state index contributed by atoms with van der Waals surface area (Å²) in [4.78, 5) is 17.6. The van der Waals surface area contributed by atoms with Gasteiger partial charge in [0.25, 0.3) is 5.91 Å². The Morgan fingerprint density at radius 2 is 2.27 bits per heavy atom. The molecule has 5 nitrogen and oxygen atoms in total. The molecule has 2 heterocycles. The first-order valence-corrected chi connectivity index (χ1v) is 8.13. The maximum atomic E-state index is 12.4. The highest BCUT2D eigenvalue weighted by molar-refractivity contribution is 7.10. The Bertz CT molecular complexity index is 639. The predicted molar refractivity (Wildman–Crippen MR) is 83.4 cm³/mol. The van der Waals surface area contributed by atoms with Crippen LogP contribution in [-0.2, 0) is 6.61 Å². The van der Waals surface area contributed by atoms with E-state index in [2.05, 4.69) is 10.3 Å². The smallest absolute Gasteiger partial charge is 0.270 e. The second-order valence-electron chi connectivity index (χ2n) is 5.56. The van der Waals surface area contributed by atoms with E-state index < -0.39 is 0 Å². The number of aliphatic hydroxyl groups excluding tert-OH is 2. The van der Waals surface area contributed by atoms with Crippen LogP contribution in [0.2, 0.25) is 0 Å². The summed E-state index contributed by atoms with van der Waals surface area (Å²) in [5.41, 5.74) is 0.958. The van der Waals surface area contributed by atoms with Crippen LogP contribution in [0.15, 0.2) is 35.8 Å². The predicted octanol–water partition coefficient (Wildman–Crippen LogP) is 1.88. The molecule has 1 unspecified atom stereocenters. The number of pyridine rings is 1. The first-order valence-electron chi connectivity index (χ1n) is 7.25. The van der Waals surface area contributed by atoms with Gasteiger partial charge in [0, 0.05) is 11.1 Å². The number of nitrogens with zero attached hydrogens (tertiary/aromatic N) is 1.